The van der Waals surface area contributed by atoms with Gasteiger partial charge in [-0.05, 0) is 48.2 Å². The van der Waals surface area contributed by atoms with Gasteiger partial charge < -0.3 is 5.32 Å². The second-order valence-electron chi connectivity index (χ2n) is 4.53. The van der Waals surface area contributed by atoms with Gasteiger partial charge in [0.25, 0.3) is 0 Å². The molecule has 2 aromatic rings. The molecule has 0 heterocycles. The lowest BCUT2D eigenvalue weighted by Gasteiger charge is -2.13. The van der Waals surface area contributed by atoms with Crippen LogP contribution in [0.15, 0.2) is 48.5 Å². The Morgan fingerprint density at radius 3 is 2.06 bits per heavy atom. The maximum Gasteiger partial charge on any atom is 0.123 e. The molecule has 0 saturated heterocycles. The fourth-order valence-electron chi connectivity index (χ4n) is 2.44. The summed E-state index contributed by atoms with van der Waals surface area (Å²) in [6.07, 6.45) is 2.10. The van der Waals surface area contributed by atoms with E-state index in [4.69, 9.17) is 0 Å². The zero-order valence-electron chi connectivity index (χ0n) is 9.49. The van der Waals surface area contributed by atoms with Crippen LogP contribution in [0.1, 0.15) is 11.1 Å². The van der Waals surface area contributed by atoms with Crippen LogP contribution in [0.4, 0.5) is 10.1 Å². The highest BCUT2D eigenvalue weighted by Crippen LogP contribution is 2.24. The van der Waals surface area contributed by atoms with Gasteiger partial charge in [-0.2, -0.15) is 0 Å². The lowest BCUT2D eigenvalue weighted by atomic mass is 10.1. The third kappa shape index (κ3) is 2.16. The molecule has 1 N–H and O–H groups in total. The molecule has 0 amide bonds. The van der Waals surface area contributed by atoms with E-state index in [1.807, 2.05) is 0 Å². The van der Waals surface area contributed by atoms with Crippen molar-refractivity contribution >= 4 is 5.69 Å². The number of rotatable bonds is 2. The van der Waals surface area contributed by atoms with Crippen molar-refractivity contribution < 1.29 is 4.39 Å². The summed E-state index contributed by atoms with van der Waals surface area (Å²) in [5.41, 5.74) is 3.84. The summed E-state index contributed by atoms with van der Waals surface area (Å²) in [7, 11) is 0. The molecule has 0 atom stereocenters. The first-order valence-corrected chi connectivity index (χ1v) is 5.90. The summed E-state index contributed by atoms with van der Waals surface area (Å²) in [6.45, 7) is 0. The molecule has 0 unspecified atom stereocenters. The molecular weight excluding hydrogens is 213 g/mol. The van der Waals surface area contributed by atoms with E-state index in [2.05, 4.69) is 29.6 Å². The SMILES string of the molecule is Fc1ccc(NC2Cc3ccccc3C2)cc1. The topological polar surface area (TPSA) is 12.0 Å². The van der Waals surface area contributed by atoms with E-state index >= 15 is 0 Å². The lowest BCUT2D eigenvalue weighted by Crippen LogP contribution is -2.19. The third-order valence-electron chi connectivity index (χ3n) is 3.27. The molecule has 0 aliphatic heterocycles. The summed E-state index contributed by atoms with van der Waals surface area (Å²) < 4.78 is 12.8. The second kappa shape index (κ2) is 4.21. The van der Waals surface area contributed by atoms with E-state index in [1.54, 1.807) is 12.1 Å². The molecule has 0 saturated carbocycles. The Balaban J connectivity index is 1.71. The Hall–Kier alpha value is -1.83. The van der Waals surface area contributed by atoms with Crippen LogP contribution in [0.2, 0.25) is 0 Å². The first-order chi connectivity index (χ1) is 8.31. The Bertz CT molecular complexity index is 494. The Kier molecular flexibility index (Phi) is 2.56. The van der Waals surface area contributed by atoms with Crippen molar-refractivity contribution in [2.75, 3.05) is 5.32 Å². The minimum absolute atomic E-state index is 0.190. The molecule has 2 aromatic carbocycles. The standard InChI is InChI=1S/C15H14FN/c16-13-5-7-14(8-6-13)17-15-9-11-3-1-2-4-12(11)10-15/h1-8,15,17H,9-10H2. The van der Waals surface area contributed by atoms with Crippen LogP contribution in [-0.4, -0.2) is 6.04 Å². The molecule has 0 bridgehead atoms. The average molecular weight is 227 g/mol. The number of fused-ring (bicyclic) bond motifs is 1. The molecule has 0 aromatic heterocycles. The van der Waals surface area contributed by atoms with Crippen LogP contribution in [0.3, 0.4) is 0 Å². The smallest absolute Gasteiger partial charge is 0.123 e. The summed E-state index contributed by atoms with van der Waals surface area (Å²) in [4.78, 5) is 0. The molecule has 17 heavy (non-hydrogen) atoms. The van der Waals surface area contributed by atoms with Crippen molar-refractivity contribution in [3.05, 3.63) is 65.5 Å². The van der Waals surface area contributed by atoms with E-state index < -0.39 is 0 Å². The van der Waals surface area contributed by atoms with Gasteiger partial charge in [-0.1, -0.05) is 24.3 Å². The van der Waals surface area contributed by atoms with Crippen LogP contribution in [0.25, 0.3) is 0 Å². The van der Waals surface area contributed by atoms with Crippen molar-refractivity contribution in [2.24, 2.45) is 0 Å². The van der Waals surface area contributed by atoms with Gasteiger partial charge in [0, 0.05) is 11.7 Å². The predicted octanol–water partition coefficient (Wildman–Crippen LogP) is 3.41. The quantitative estimate of drug-likeness (QED) is 0.829. The van der Waals surface area contributed by atoms with E-state index in [0.717, 1.165) is 18.5 Å². The van der Waals surface area contributed by atoms with Crippen molar-refractivity contribution in [1.82, 2.24) is 0 Å². The maximum atomic E-state index is 12.8. The number of hydrogen-bond acceptors (Lipinski definition) is 1. The minimum atomic E-state index is -0.190. The third-order valence-corrected chi connectivity index (χ3v) is 3.27. The zero-order chi connectivity index (χ0) is 11.7. The highest BCUT2D eigenvalue weighted by molar-refractivity contribution is 5.46. The lowest BCUT2D eigenvalue weighted by molar-refractivity contribution is 0.627. The number of halogens is 1. The van der Waals surface area contributed by atoms with Crippen LogP contribution < -0.4 is 5.32 Å². The first-order valence-electron chi connectivity index (χ1n) is 5.90. The normalized spacial score (nSPS) is 14.6. The van der Waals surface area contributed by atoms with Gasteiger partial charge in [0.05, 0.1) is 0 Å². The van der Waals surface area contributed by atoms with Crippen LogP contribution >= 0.6 is 0 Å². The summed E-state index contributed by atoms with van der Waals surface area (Å²) in [5, 5.41) is 3.45. The summed E-state index contributed by atoms with van der Waals surface area (Å²) in [6, 6.07) is 15.5. The Morgan fingerprint density at radius 2 is 1.47 bits per heavy atom. The average Bonchev–Trinajstić information content (AvgIpc) is 2.74. The fraction of sp³-hybridized carbons (Fsp3) is 0.200. The van der Waals surface area contributed by atoms with E-state index in [1.165, 1.54) is 23.3 Å². The van der Waals surface area contributed by atoms with Gasteiger partial charge in [0.2, 0.25) is 0 Å². The van der Waals surface area contributed by atoms with Gasteiger partial charge in [0.1, 0.15) is 5.82 Å². The van der Waals surface area contributed by atoms with E-state index in [-0.39, 0.29) is 5.82 Å². The van der Waals surface area contributed by atoms with Crippen molar-refractivity contribution in [2.45, 2.75) is 18.9 Å². The summed E-state index contributed by atoms with van der Waals surface area (Å²) in [5.74, 6) is -0.190. The highest BCUT2D eigenvalue weighted by atomic mass is 19.1. The number of benzene rings is 2. The van der Waals surface area contributed by atoms with Gasteiger partial charge in [0.15, 0.2) is 0 Å². The molecular formula is C15H14FN. The Labute approximate surface area is 100 Å². The van der Waals surface area contributed by atoms with Gasteiger partial charge >= 0.3 is 0 Å². The molecule has 0 spiro atoms. The maximum absolute atomic E-state index is 12.8. The molecule has 0 radical (unpaired) electrons. The van der Waals surface area contributed by atoms with Crippen LogP contribution in [-0.2, 0) is 12.8 Å². The van der Waals surface area contributed by atoms with Gasteiger partial charge in [-0.15, -0.1) is 0 Å². The van der Waals surface area contributed by atoms with E-state index in [0.29, 0.717) is 6.04 Å². The number of nitrogens with one attached hydrogen (secondary N) is 1. The minimum Gasteiger partial charge on any atom is -0.382 e. The first kappa shape index (κ1) is 10.3. The van der Waals surface area contributed by atoms with Crippen molar-refractivity contribution in [3.8, 4) is 0 Å². The molecule has 3 rings (SSSR count). The molecule has 2 heteroatoms. The molecule has 1 aliphatic rings. The van der Waals surface area contributed by atoms with Crippen molar-refractivity contribution in [3.63, 3.8) is 0 Å². The number of anilines is 1. The van der Waals surface area contributed by atoms with Gasteiger partial charge in [-0.3, -0.25) is 0 Å². The largest absolute Gasteiger partial charge is 0.382 e. The molecule has 0 fully saturated rings. The van der Waals surface area contributed by atoms with E-state index in [9.17, 15) is 4.39 Å². The highest BCUT2D eigenvalue weighted by Gasteiger charge is 2.20. The van der Waals surface area contributed by atoms with Gasteiger partial charge in [-0.25, -0.2) is 4.39 Å². The zero-order valence-corrected chi connectivity index (χ0v) is 9.49. The predicted molar refractivity (Wildman–Crippen MR) is 67.7 cm³/mol. The molecule has 86 valence electrons. The number of hydrogen-bond donors (Lipinski definition) is 1. The molecule has 1 nitrogen and oxygen atoms in total. The Morgan fingerprint density at radius 1 is 0.882 bits per heavy atom. The molecule has 1 aliphatic carbocycles. The monoisotopic (exact) mass is 227 g/mol. The van der Waals surface area contributed by atoms with Crippen LogP contribution in [0, 0.1) is 5.82 Å². The second-order valence-corrected chi connectivity index (χ2v) is 4.53. The summed E-state index contributed by atoms with van der Waals surface area (Å²) >= 11 is 0. The van der Waals surface area contributed by atoms with Crippen LogP contribution in [0.5, 0.6) is 0 Å². The van der Waals surface area contributed by atoms with Crippen molar-refractivity contribution in [1.29, 1.82) is 0 Å². The fourth-order valence-corrected chi connectivity index (χ4v) is 2.44.